The van der Waals surface area contributed by atoms with E-state index in [4.69, 9.17) is 9.76 Å². The maximum Gasteiger partial charge on any atom is 0.401 e. The SMILES string of the molecule is O=C(O)C1=C[B]Oc2ccccc21. The number of carboxylic acids is 1. The molecule has 13 heavy (non-hydrogen) atoms. The Balaban J connectivity index is 2.53. The monoisotopic (exact) mass is 173 g/mol. The summed E-state index contributed by atoms with van der Waals surface area (Å²) in [6.07, 6.45) is 0. The van der Waals surface area contributed by atoms with Crippen LogP contribution in [0.15, 0.2) is 30.2 Å². The van der Waals surface area contributed by atoms with Crippen molar-refractivity contribution in [3.05, 3.63) is 35.8 Å². The predicted octanol–water partition coefficient (Wildman–Crippen LogP) is 1.12. The van der Waals surface area contributed by atoms with E-state index in [1.807, 2.05) is 0 Å². The average Bonchev–Trinajstić information content (AvgIpc) is 2.17. The number of fused-ring (bicyclic) bond motifs is 1. The molecule has 0 spiro atoms. The van der Waals surface area contributed by atoms with Gasteiger partial charge in [0.05, 0.1) is 5.57 Å². The molecule has 0 unspecified atom stereocenters. The summed E-state index contributed by atoms with van der Waals surface area (Å²) in [5.41, 5.74) is 0.888. The lowest BCUT2D eigenvalue weighted by molar-refractivity contribution is -0.130. The standard InChI is InChI=1S/C9H6BO3/c11-9(12)7-5-10-13-8-4-2-1-3-6(7)8/h1-5H,(H,11,12). The molecule has 1 aliphatic heterocycles. The average molecular weight is 173 g/mol. The van der Waals surface area contributed by atoms with Gasteiger partial charge in [0.25, 0.3) is 0 Å². The minimum Gasteiger partial charge on any atom is -0.558 e. The second kappa shape index (κ2) is 2.97. The Hall–Kier alpha value is -1.71. The third-order valence-electron chi connectivity index (χ3n) is 1.84. The molecular formula is C9H6BO3. The first-order valence-corrected chi connectivity index (χ1v) is 3.82. The summed E-state index contributed by atoms with van der Waals surface area (Å²) in [5.74, 6) is 1.10. The molecule has 4 heteroatoms. The van der Waals surface area contributed by atoms with Crippen molar-refractivity contribution in [3.63, 3.8) is 0 Å². The predicted molar refractivity (Wildman–Crippen MR) is 48.4 cm³/mol. The van der Waals surface area contributed by atoms with E-state index >= 15 is 0 Å². The number of rotatable bonds is 1. The molecule has 0 bridgehead atoms. The van der Waals surface area contributed by atoms with Crippen molar-refractivity contribution in [2.24, 2.45) is 0 Å². The lowest BCUT2D eigenvalue weighted by Crippen LogP contribution is -2.12. The number of benzene rings is 1. The zero-order valence-electron chi connectivity index (χ0n) is 6.73. The van der Waals surface area contributed by atoms with Crippen LogP contribution in [-0.2, 0) is 4.79 Å². The maximum absolute atomic E-state index is 10.8. The Morgan fingerprint density at radius 3 is 2.92 bits per heavy atom. The van der Waals surface area contributed by atoms with E-state index in [2.05, 4.69) is 0 Å². The molecule has 0 amide bonds. The van der Waals surface area contributed by atoms with Crippen LogP contribution in [-0.4, -0.2) is 18.6 Å². The van der Waals surface area contributed by atoms with E-state index in [1.54, 1.807) is 24.3 Å². The van der Waals surface area contributed by atoms with Gasteiger partial charge < -0.3 is 9.76 Å². The van der Waals surface area contributed by atoms with Crippen molar-refractivity contribution in [2.75, 3.05) is 0 Å². The molecule has 0 fully saturated rings. The summed E-state index contributed by atoms with van der Waals surface area (Å²) in [6, 6.07) is 7.05. The van der Waals surface area contributed by atoms with Gasteiger partial charge in [-0.2, -0.15) is 0 Å². The van der Waals surface area contributed by atoms with Gasteiger partial charge >= 0.3 is 13.5 Å². The van der Waals surface area contributed by atoms with Crippen molar-refractivity contribution >= 4 is 19.0 Å². The Labute approximate surface area is 75.9 Å². The fourth-order valence-corrected chi connectivity index (χ4v) is 1.24. The number of carbonyl (C=O) groups is 1. The van der Waals surface area contributed by atoms with Gasteiger partial charge in [-0.15, -0.1) is 0 Å². The van der Waals surface area contributed by atoms with Crippen LogP contribution >= 0.6 is 0 Å². The van der Waals surface area contributed by atoms with E-state index < -0.39 is 5.97 Å². The molecule has 3 nitrogen and oxygen atoms in total. The Bertz CT molecular complexity index is 384. The van der Waals surface area contributed by atoms with Crippen LogP contribution in [0.3, 0.4) is 0 Å². The minimum absolute atomic E-state index is 0.266. The second-order valence-electron chi connectivity index (χ2n) is 2.64. The number of carboxylic acid groups (broad SMARTS) is 1. The molecule has 0 saturated carbocycles. The van der Waals surface area contributed by atoms with Crippen LogP contribution in [0.2, 0.25) is 0 Å². The number of hydrogen-bond acceptors (Lipinski definition) is 2. The van der Waals surface area contributed by atoms with Gasteiger partial charge in [0, 0.05) is 5.56 Å². The lowest BCUT2D eigenvalue weighted by Gasteiger charge is -2.14. The highest BCUT2D eigenvalue weighted by atomic mass is 16.4. The zero-order chi connectivity index (χ0) is 9.26. The van der Waals surface area contributed by atoms with Gasteiger partial charge in [0.1, 0.15) is 5.75 Å². The Morgan fingerprint density at radius 1 is 1.38 bits per heavy atom. The first kappa shape index (κ1) is 7.92. The summed E-state index contributed by atoms with van der Waals surface area (Å²) in [5, 5.41) is 8.84. The summed E-state index contributed by atoms with van der Waals surface area (Å²) in [4.78, 5) is 10.8. The van der Waals surface area contributed by atoms with Gasteiger partial charge in [-0.25, -0.2) is 4.79 Å². The highest BCUT2D eigenvalue weighted by Crippen LogP contribution is 2.28. The Morgan fingerprint density at radius 2 is 2.15 bits per heavy atom. The fourth-order valence-electron chi connectivity index (χ4n) is 1.24. The molecule has 0 saturated heterocycles. The van der Waals surface area contributed by atoms with Crippen LogP contribution in [0.25, 0.3) is 5.57 Å². The van der Waals surface area contributed by atoms with E-state index in [-0.39, 0.29) is 5.57 Å². The van der Waals surface area contributed by atoms with E-state index in [9.17, 15) is 4.79 Å². The van der Waals surface area contributed by atoms with Crippen molar-refractivity contribution in [3.8, 4) is 5.75 Å². The number of para-hydroxylation sites is 1. The first-order chi connectivity index (χ1) is 6.29. The quantitative estimate of drug-likeness (QED) is 0.647. The van der Waals surface area contributed by atoms with Crippen LogP contribution in [0.5, 0.6) is 5.75 Å². The molecular weight excluding hydrogens is 167 g/mol. The van der Waals surface area contributed by atoms with Crippen molar-refractivity contribution in [1.82, 2.24) is 0 Å². The molecule has 1 aromatic rings. The molecule has 63 valence electrons. The summed E-state index contributed by atoms with van der Waals surface area (Å²) in [7, 11) is 1.38. The molecule has 1 heterocycles. The fraction of sp³-hybridized carbons (Fsp3) is 0. The van der Waals surface area contributed by atoms with Crippen molar-refractivity contribution in [2.45, 2.75) is 0 Å². The van der Waals surface area contributed by atoms with Crippen LogP contribution in [0, 0.1) is 0 Å². The Kier molecular flexibility index (Phi) is 1.81. The van der Waals surface area contributed by atoms with Crippen LogP contribution < -0.4 is 4.65 Å². The highest BCUT2D eigenvalue weighted by molar-refractivity contribution is 6.43. The first-order valence-electron chi connectivity index (χ1n) is 3.82. The van der Waals surface area contributed by atoms with Crippen LogP contribution in [0.4, 0.5) is 0 Å². The molecule has 1 aliphatic rings. The molecule has 0 atom stereocenters. The lowest BCUT2D eigenvalue weighted by atomic mass is 9.88. The molecule has 1 N–H and O–H groups in total. The molecule has 1 radical (unpaired) electrons. The second-order valence-corrected chi connectivity index (χ2v) is 2.64. The van der Waals surface area contributed by atoms with Gasteiger partial charge in [0.2, 0.25) is 0 Å². The van der Waals surface area contributed by atoms with E-state index in [0.29, 0.717) is 11.3 Å². The minimum atomic E-state index is -0.938. The van der Waals surface area contributed by atoms with Gasteiger partial charge in [-0.05, 0) is 6.07 Å². The summed E-state index contributed by atoms with van der Waals surface area (Å²) in [6.45, 7) is 0. The third kappa shape index (κ3) is 1.31. The topological polar surface area (TPSA) is 46.5 Å². The maximum atomic E-state index is 10.8. The molecule has 2 rings (SSSR count). The highest BCUT2D eigenvalue weighted by Gasteiger charge is 2.18. The number of hydrogen-bond donors (Lipinski definition) is 1. The summed E-state index contributed by atoms with van der Waals surface area (Å²) >= 11 is 0. The van der Waals surface area contributed by atoms with Crippen LogP contribution in [0.1, 0.15) is 5.56 Å². The summed E-state index contributed by atoms with van der Waals surface area (Å²) < 4.78 is 5.14. The van der Waals surface area contributed by atoms with Gasteiger partial charge in [-0.1, -0.05) is 24.2 Å². The van der Waals surface area contributed by atoms with E-state index in [1.165, 1.54) is 13.5 Å². The molecule has 1 aromatic carbocycles. The molecule has 0 aliphatic carbocycles. The largest absolute Gasteiger partial charge is 0.558 e. The van der Waals surface area contributed by atoms with Gasteiger partial charge in [-0.3, -0.25) is 0 Å². The van der Waals surface area contributed by atoms with Crippen molar-refractivity contribution < 1.29 is 14.6 Å². The zero-order valence-corrected chi connectivity index (χ0v) is 6.73. The van der Waals surface area contributed by atoms with Crippen molar-refractivity contribution in [1.29, 1.82) is 0 Å². The normalized spacial score (nSPS) is 13.4. The number of aliphatic carboxylic acids is 1. The third-order valence-corrected chi connectivity index (χ3v) is 1.84. The molecule has 0 aromatic heterocycles. The van der Waals surface area contributed by atoms with E-state index in [0.717, 1.165) is 0 Å². The smallest absolute Gasteiger partial charge is 0.401 e. The van der Waals surface area contributed by atoms with Gasteiger partial charge in [0.15, 0.2) is 0 Å².